The molecular weight excluding hydrogens is 250 g/mol. The van der Waals surface area contributed by atoms with Crippen molar-refractivity contribution in [2.45, 2.75) is 59.2 Å². The first-order chi connectivity index (χ1) is 9.65. The Morgan fingerprint density at radius 2 is 2.10 bits per heavy atom. The highest BCUT2D eigenvalue weighted by Gasteiger charge is 2.10. The van der Waals surface area contributed by atoms with E-state index >= 15 is 0 Å². The van der Waals surface area contributed by atoms with Crippen molar-refractivity contribution < 1.29 is 4.74 Å². The number of aromatic nitrogens is 2. The molecule has 0 atom stereocenters. The van der Waals surface area contributed by atoms with Gasteiger partial charge < -0.3 is 15.0 Å². The minimum atomic E-state index is 0.174. The standard InChI is InChI=1S/C16H25N3O/c1-4-5-6-9-19-15-8-7-13(20-12(2)3)10-14(15)18-16(19)11-17/h7-8,10,12H,4-6,9,11,17H2,1-3H3. The number of imidazole rings is 1. The van der Waals surface area contributed by atoms with Gasteiger partial charge in [-0.05, 0) is 32.4 Å². The first kappa shape index (κ1) is 14.9. The van der Waals surface area contributed by atoms with Crippen LogP contribution in [0.25, 0.3) is 11.0 Å². The summed E-state index contributed by atoms with van der Waals surface area (Å²) in [7, 11) is 0. The molecule has 0 saturated heterocycles. The van der Waals surface area contributed by atoms with Crippen LogP contribution in [0.2, 0.25) is 0 Å². The molecule has 2 rings (SSSR count). The summed E-state index contributed by atoms with van der Waals surface area (Å²) in [6.07, 6.45) is 3.79. The summed E-state index contributed by atoms with van der Waals surface area (Å²) in [5.41, 5.74) is 7.95. The van der Waals surface area contributed by atoms with Crippen molar-refractivity contribution in [3.63, 3.8) is 0 Å². The first-order valence-electron chi connectivity index (χ1n) is 7.51. The quantitative estimate of drug-likeness (QED) is 0.787. The summed E-state index contributed by atoms with van der Waals surface area (Å²) in [5.74, 6) is 1.83. The van der Waals surface area contributed by atoms with E-state index in [0.717, 1.165) is 29.2 Å². The number of benzene rings is 1. The predicted molar refractivity (Wildman–Crippen MR) is 82.9 cm³/mol. The lowest BCUT2D eigenvalue weighted by Gasteiger charge is -2.10. The van der Waals surface area contributed by atoms with Crippen molar-refractivity contribution in [1.82, 2.24) is 9.55 Å². The van der Waals surface area contributed by atoms with Crippen molar-refractivity contribution in [1.29, 1.82) is 0 Å². The normalized spacial score (nSPS) is 11.4. The topological polar surface area (TPSA) is 53.1 Å². The second kappa shape index (κ2) is 6.75. The molecule has 0 aliphatic carbocycles. The van der Waals surface area contributed by atoms with Crippen LogP contribution in [-0.2, 0) is 13.1 Å². The van der Waals surface area contributed by atoms with Gasteiger partial charge in [0.05, 0.1) is 23.7 Å². The van der Waals surface area contributed by atoms with Gasteiger partial charge in [-0.15, -0.1) is 0 Å². The summed E-state index contributed by atoms with van der Waals surface area (Å²) in [6.45, 7) is 7.73. The maximum Gasteiger partial charge on any atom is 0.123 e. The molecule has 2 N–H and O–H groups in total. The minimum Gasteiger partial charge on any atom is -0.491 e. The molecule has 0 spiro atoms. The van der Waals surface area contributed by atoms with Crippen molar-refractivity contribution in [2.24, 2.45) is 5.73 Å². The average molecular weight is 275 g/mol. The Morgan fingerprint density at radius 3 is 2.75 bits per heavy atom. The van der Waals surface area contributed by atoms with Crippen LogP contribution in [-0.4, -0.2) is 15.7 Å². The van der Waals surface area contributed by atoms with Crippen LogP contribution < -0.4 is 10.5 Å². The smallest absolute Gasteiger partial charge is 0.123 e. The van der Waals surface area contributed by atoms with Gasteiger partial charge >= 0.3 is 0 Å². The molecule has 20 heavy (non-hydrogen) atoms. The lowest BCUT2D eigenvalue weighted by Crippen LogP contribution is -2.08. The molecule has 0 saturated carbocycles. The van der Waals surface area contributed by atoms with Gasteiger partial charge in [0.2, 0.25) is 0 Å². The molecule has 0 aliphatic heterocycles. The van der Waals surface area contributed by atoms with E-state index in [1.54, 1.807) is 0 Å². The summed E-state index contributed by atoms with van der Waals surface area (Å²) >= 11 is 0. The van der Waals surface area contributed by atoms with Crippen LogP contribution in [0.5, 0.6) is 5.75 Å². The lowest BCUT2D eigenvalue weighted by atomic mass is 10.2. The molecule has 1 aromatic carbocycles. The number of ether oxygens (including phenoxy) is 1. The van der Waals surface area contributed by atoms with Crippen molar-refractivity contribution in [3.8, 4) is 5.75 Å². The summed E-state index contributed by atoms with van der Waals surface area (Å²) < 4.78 is 7.96. The Morgan fingerprint density at radius 1 is 1.30 bits per heavy atom. The van der Waals surface area contributed by atoms with Gasteiger partial charge in [0.25, 0.3) is 0 Å². The Balaban J connectivity index is 2.31. The number of nitrogens with zero attached hydrogens (tertiary/aromatic N) is 2. The fraction of sp³-hybridized carbons (Fsp3) is 0.562. The molecule has 2 aromatic rings. The first-order valence-corrected chi connectivity index (χ1v) is 7.51. The van der Waals surface area contributed by atoms with Gasteiger partial charge in [-0.1, -0.05) is 19.8 Å². The van der Waals surface area contributed by atoms with E-state index in [-0.39, 0.29) is 6.10 Å². The Bertz CT molecular complexity index is 560. The highest BCUT2D eigenvalue weighted by atomic mass is 16.5. The van der Waals surface area contributed by atoms with Crippen molar-refractivity contribution in [3.05, 3.63) is 24.0 Å². The predicted octanol–water partition coefficient (Wildman–Crippen LogP) is 3.47. The van der Waals surface area contributed by atoms with Crippen LogP contribution >= 0.6 is 0 Å². The van der Waals surface area contributed by atoms with Crippen LogP contribution in [0.15, 0.2) is 18.2 Å². The summed E-state index contributed by atoms with van der Waals surface area (Å²) in [6, 6.07) is 6.11. The van der Waals surface area contributed by atoms with Gasteiger partial charge in [0.15, 0.2) is 0 Å². The number of hydrogen-bond donors (Lipinski definition) is 1. The van der Waals surface area contributed by atoms with Crippen molar-refractivity contribution >= 4 is 11.0 Å². The molecule has 1 heterocycles. The fourth-order valence-corrected chi connectivity index (χ4v) is 2.43. The molecule has 0 aliphatic rings. The van der Waals surface area contributed by atoms with E-state index in [4.69, 9.17) is 10.5 Å². The van der Waals surface area contributed by atoms with E-state index in [1.807, 2.05) is 26.0 Å². The van der Waals surface area contributed by atoms with Crippen LogP contribution in [0, 0.1) is 0 Å². The Hall–Kier alpha value is -1.55. The SMILES string of the molecule is CCCCCn1c(CN)nc2cc(OC(C)C)ccc21. The average Bonchev–Trinajstić information content (AvgIpc) is 2.76. The third-order valence-corrected chi connectivity index (χ3v) is 3.34. The molecule has 0 radical (unpaired) electrons. The maximum absolute atomic E-state index is 5.82. The Kier molecular flexibility index (Phi) is 5.01. The van der Waals surface area contributed by atoms with Gasteiger partial charge in [-0.25, -0.2) is 4.98 Å². The summed E-state index contributed by atoms with van der Waals surface area (Å²) in [4.78, 5) is 4.64. The van der Waals surface area contributed by atoms with E-state index in [2.05, 4.69) is 22.5 Å². The van der Waals surface area contributed by atoms with E-state index in [1.165, 1.54) is 19.3 Å². The molecule has 0 bridgehead atoms. The maximum atomic E-state index is 5.82. The number of aryl methyl sites for hydroxylation is 1. The number of fused-ring (bicyclic) bond motifs is 1. The lowest BCUT2D eigenvalue weighted by molar-refractivity contribution is 0.242. The second-order valence-electron chi connectivity index (χ2n) is 5.41. The Labute approximate surface area is 120 Å². The second-order valence-corrected chi connectivity index (χ2v) is 5.41. The summed E-state index contributed by atoms with van der Waals surface area (Å²) in [5, 5.41) is 0. The fourth-order valence-electron chi connectivity index (χ4n) is 2.43. The van der Waals surface area contributed by atoms with Crippen LogP contribution in [0.3, 0.4) is 0 Å². The highest BCUT2D eigenvalue weighted by Crippen LogP contribution is 2.23. The zero-order chi connectivity index (χ0) is 14.5. The zero-order valence-corrected chi connectivity index (χ0v) is 12.7. The van der Waals surface area contributed by atoms with E-state index < -0.39 is 0 Å². The molecule has 1 aromatic heterocycles. The van der Waals surface area contributed by atoms with Crippen LogP contribution in [0.1, 0.15) is 45.9 Å². The van der Waals surface area contributed by atoms with Crippen molar-refractivity contribution in [2.75, 3.05) is 0 Å². The molecule has 0 amide bonds. The molecule has 4 nitrogen and oxygen atoms in total. The molecule has 0 unspecified atom stereocenters. The number of hydrogen-bond acceptors (Lipinski definition) is 3. The zero-order valence-electron chi connectivity index (χ0n) is 12.7. The number of nitrogens with two attached hydrogens (primary N) is 1. The molecule has 110 valence electrons. The van der Waals surface area contributed by atoms with Gasteiger partial charge in [-0.3, -0.25) is 0 Å². The van der Waals surface area contributed by atoms with E-state index in [0.29, 0.717) is 6.54 Å². The highest BCUT2D eigenvalue weighted by molar-refractivity contribution is 5.77. The third-order valence-electron chi connectivity index (χ3n) is 3.34. The number of rotatable bonds is 7. The van der Waals surface area contributed by atoms with Gasteiger partial charge in [0.1, 0.15) is 11.6 Å². The van der Waals surface area contributed by atoms with Gasteiger partial charge in [0, 0.05) is 12.6 Å². The molecule has 0 fully saturated rings. The largest absolute Gasteiger partial charge is 0.491 e. The number of unbranched alkanes of at least 4 members (excludes halogenated alkanes) is 2. The van der Waals surface area contributed by atoms with Crippen LogP contribution in [0.4, 0.5) is 0 Å². The molecule has 4 heteroatoms. The van der Waals surface area contributed by atoms with Gasteiger partial charge in [-0.2, -0.15) is 0 Å². The molecular formula is C16H25N3O. The van der Waals surface area contributed by atoms with E-state index in [9.17, 15) is 0 Å². The third kappa shape index (κ3) is 3.31. The minimum absolute atomic E-state index is 0.174. The monoisotopic (exact) mass is 275 g/mol.